The van der Waals surface area contributed by atoms with E-state index < -0.39 is 0 Å². The molecule has 2 atom stereocenters. The highest BCUT2D eigenvalue weighted by molar-refractivity contribution is 9.10. The van der Waals surface area contributed by atoms with E-state index >= 15 is 0 Å². The number of hydrogen-bond donors (Lipinski definition) is 1. The Balaban J connectivity index is 1.75. The number of halogens is 1. The average molecular weight is 408 g/mol. The van der Waals surface area contributed by atoms with Crippen LogP contribution in [-0.4, -0.2) is 21.0 Å². The minimum Gasteiger partial charge on any atom is -0.352 e. The maximum atomic E-state index is 5.72. The zero-order chi connectivity index (χ0) is 15.8. The molecular formula is C17H18BrN3S2. The molecule has 0 spiro atoms. The second-order valence-electron chi connectivity index (χ2n) is 6.14. The Morgan fingerprint density at radius 1 is 1.30 bits per heavy atom. The van der Waals surface area contributed by atoms with Gasteiger partial charge in [-0.05, 0) is 59.2 Å². The highest BCUT2D eigenvalue weighted by Crippen LogP contribution is 2.44. The predicted molar refractivity (Wildman–Crippen MR) is 102 cm³/mol. The van der Waals surface area contributed by atoms with Gasteiger partial charge in [0.15, 0.2) is 5.11 Å². The molecule has 1 aliphatic carbocycles. The molecule has 3 heterocycles. The third-order valence-corrected chi connectivity index (χ3v) is 6.83. The first kappa shape index (κ1) is 15.5. The van der Waals surface area contributed by atoms with Crippen molar-refractivity contribution in [3.05, 3.63) is 50.9 Å². The molecule has 4 rings (SSSR count). The van der Waals surface area contributed by atoms with Crippen LogP contribution in [0.5, 0.6) is 0 Å². The zero-order valence-electron chi connectivity index (χ0n) is 12.6. The fourth-order valence-corrected chi connectivity index (χ4v) is 5.70. The van der Waals surface area contributed by atoms with Crippen molar-refractivity contribution in [1.29, 1.82) is 0 Å². The van der Waals surface area contributed by atoms with E-state index in [1.807, 2.05) is 18.3 Å². The van der Waals surface area contributed by atoms with E-state index in [2.05, 4.69) is 48.6 Å². The number of nitrogens with one attached hydrogen (secondary N) is 1. The summed E-state index contributed by atoms with van der Waals surface area (Å²) in [5, 5.41) is 6.57. The first-order chi connectivity index (χ1) is 11.2. The van der Waals surface area contributed by atoms with Crippen LogP contribution in [0.2, 0.25) is 0 Å². The molecule has 0 aromatic carbocycles. The highest BCUT2D eigenvalue weighted by atomic mass is 79.9. The molecule has 2 aromatic heterocycles. The molecular weight excluding hydrogens is 390 g/mol. The summed E-state index contributed by atoms with van der Waals surface area (Å²) in [4.78, 5) is 8.37. The topological polar surface area (TPSA) is 28.2 Å². The summed E-state index contributed by atoms with van der Waals surface area (Å²) in [6, 6.07) is 9.23. The fourth-order valence-electron chi connectivity index (χ4n) is 3.73. The van der Waals surface area contributed by atoms with Crippen LogP contribution < -0.4 is 5.32 Å². The molecule has 2 fully saturated rings. The fraction of sp³-hybridized carbons (Fsp3) is 0.412. The Labute approximate surface area is 154 Å². The van der Waals surface area contributed by atoms with Crippen LogP contribution >= 0.6 is 39.5 Å². The highest BCUT2D eigenvalue weighted by Gasteiger charge is 2.44. The Bertz CT molecular complexity index is 697. The molecule has 0 bridgehead atoms. The summed E-state index contributed by atoms with van der Waals surface area (Å²) in [6.07, 6.45) is 6.94. The van der Waals surface area contributed by atoms with Crippen LogP contribution in [0.15, 0.2) is 40.3 Å². The predicted octanol–water partition coefficient (Wildman–Crippen LogP) is 4.82. The third-order valence-electron chi connectivity index (χ3n) is 4.73. The van der Waals surface area contributed by atoms with Crippen molar-refractivity contribution in [3.8, 4) is 0 Å². The number of pyridine rings is 1. The smallest absolute Gasteiger partial charge is 0.170 e. The van der Waals surface area contributed by atoms with Crippen LogP contribution in [0.25, 0.3) is 0 Å². The first-order valence-corrected chi connectivity index (χ1v) is 10.1. The SMILES string of the molecule is S=C1NC(c2ccccn2)C(c2cc(Br)cs2)N1C1CCCC1. The van der Waals surface area contributed by atoms with E-state index in [0.717, 1.165) is 15.3 Å². The van der Waals surface area contributed by atoms with Gasteiger partial charge in [0, 0.05) is 27.0 Å². The number of aromatic nitrogens is 1. The van der Waals surface area contributed by atoms with E-state index in [-0.39, 0.29) is 12.1 Å². The van der Waals surface area contributed by atoms with Crippen LogP contribution in [0.4, 0.5) is 0 Å². The normalized spacial score (nSPS) is 25.1. The lowest BCUT2D eigenvalue weighted by Gasteiger charge is -2.32. The lowest BCUT2D eigenvalue weighted by molar-refractivity contribution is 0.249. The standard InChI is InChI=1S/C17H18BrN3S2/c18-11-9-14(23-10-11)16-15(13-7-3-4-8-19-13)20-17(22)21(16)12-5-1-2-6-12/h3-4,7-10,12,15-16H,1-2,5-6H2,(H,20,22). The summed E-state index contributed by atoms with van der Waals surface area (Å²) in [5.74, 6) is 0. The van der Waals surface area contributed by atoms with Gasteiger partial charge in [0.25, 0.3) is 0 Å². The Kier molecular flexibility index (Phi) is 4.39. The molecule has 1 aliphatic heterocycles. The maximum absolute atomic E-state index is 5.72. The first-order valence-electron chi connectivity index (χ1n) is 7.98. The van der Waals surface area contributed by atoms with Gasteiger partial charge in [-0.25, -0.2) is 0 Å². The van der Waals surface area contributed by atoms with E-state index in [1.54, 1.807) is 11.3 Å². The van der Waals surface area contributed by atoms with Crippen LogP contribution in [-0.2, 0) is 0 Å². The minimum absolute atomic E-state index is 0.120. The molecule has 1 N–H and O–H groups in total. The zero-order valence-corrected chi connectivity index (χ0v) is 15.8. The maximum Gasteiger partial charge on any atom is 0.170 e. The Morgan fingerprint density at radius 2 is 2.13 bits per heavy atom. The Morgan fingerprint density at radius 3 is 2.78 bits per heavy atom. The number of hydrogen-bond acceptors (Lipinski definition) is 3. The molecule has 120 valence electrons. The molecule has 2 aromatic rings. The molecule has 23 heavy (non-hydrogen) atoms. The van der Waals surface area contributed by atoms with Crippen LogP contribution in [0.1, 0.15) is 48.3 Å². The van der Waals surface area contributed by atoms with Crippen molar-refractivity contribution >= 4 is 44.6 Å². The summed E-state index contributed by atoms with van der Waals surface area (Å²) in [6.45, 7) is 0. The summed E-state index contributed by atoms with van der Waals surface area (Å²) >= 11 is 11.1. The molecule has 3 nitrogen and oxygen atoms in total. The van der Waals surface area contributed by atoms with Gasteiger partial charge in [-0.3, -0.25) is 4.98 Å². The van der Waals surface area contributed by atoms with Crippen LogP contribution in [0, 0.1) is 0 Å². The quantitative estimate of drug-likeness (QED) is 0.737. The molecule has 2 aliphatic rings. The number of thiophene rings is 1. The van der Waals surface area contributed by atoms with Gasteiger partial charge < -0.3 is 10.2 Å². The molecule has 2 unspecified atom stereocenters. The lowest BCUT2D eigenvalue weighted by Crippen LogP contribution is -2.37. The molecule has 0 radical (unpaired) electrons. The van der Waals surface area contributed by atoms with Gasteiger partial charge in [-0.15, -0.1) is 11.3 Å². The van der Waals surface area contributed by atoms with Crippen molar-refractivity contribution in [1.82, 2.24) is 15.2 Å². The van der Waals surface area contributed by atoms with Crippen molar-refractivity contribution in [2.75, 3.05) is 0 Å². The van der Waals surface area contributed by atoms with Crippen molar-refractivity contribution in [3.63, 3.8) is 0 Å². The van der Waals surface area contributed by atoms with Crippen molar-refractivity contribution in [2.24, 2.45) is 0 Å². The van der Waals surface area contributed by atoms with Gasteiger partial charge in [-0.1, -0.05) is 18.9 Å². The van der Waals surface area contributed by atoms with E-state index in [0.29, 0.717) is 6.04 Å². The second kappa shape index (κ2) is 6.49. The largest absolute Gasteiger partial charge is 0.352 e. The lowest BCUT2D eigenvalue weighted by atomic mass is 10.0. The summed E-state index contributed by atoms with van der Waals surface area (Å²) in [5.41, 5.74) is 1.06. The molecule has 1 saturated heterocycles. The third kappa shape index (κ3) is 2.92. The molecule has 1 saturated carbocycles. The summed E-state index contributed by atoms with van der Waals surface area (Å²) < 4.78 is 1.14. The van der Waals surface area contributed by atoms with Gasteiger partial charge in [0.2, 0.25) is 0 Å². The van der Waals surface area contributed by atoms with Gasteiger partial charge in [0.1, 0.15) is 0 Å². The van der Waals surface area contributed by atoms with Gasteiger partial charge in [-0.2, -0.15) is 0 Å². The monoisotopic (exact) mass is 407 g/mol. The van der Waals surface area contributed by atoms with Crippen molar-refractivity contribution < 1.29 is 0 Å². The molecule has 6 heteroatoms. The van der Waals surface area contributed by atoms with E-state index in [4.69, 9.17) is 12.2 Å². The van der Waals surface area contributed by atoms with E-state index in [9.17, 15) is 0 Å². The van der Waals surface area contributed by atoms with Crippen molar-refractivity contribution in [2.45, 2.75) is 43.8 Å². The number of thiocarbonyl (C=S) groups is 1. The number of nitrogens with zero attached hydrogens (tertiary/aromatic N) is 2. The van der Waals surface area contributed by atoms with Gasteiger partial charge in [0.05, 0.1) is 17.8 Å². The van der Waals surface area contributed by atoms with E-state index in [1.165, 1.54) is 30.6 Å². The average Bonchev–Trinajstić information content (AvgIpc) is 3.27. The summed E-state index contributed by atoms with van der Waals surface area (Å²) in [7, 11) is 0. The second-order valence-corrected chi connectivity index (χ2v) is 8.38. The number of rotatable bonds is 3. The van der Waals surface area contributed by atoms with Gasteiger partial charge >= 0.3 is 0 Å². The van der Waals surface area contributed by atoms with Crippen LogP contribution in [0.3, 0.4) is 0 Å². The Hall–Kier alpha value is -0.980. The minimum atomic E-state index is 0.120. The molecule has 0 amide bonds.